The highest BCUT2D eigenvalue weighted by Gasteiger charge is 2.26. The Morgan fingerprint density at radius 2 is 0.936 bits per heavy atom. The molecule has 0 unspecified atom stereocenters. The minimum Gasteiger partial charge on any atom is -0.456 e. The number of benzene rings is 7. The van der Waals surface area contributed by atoms with Gasteiger partial charge in [0, 0.05) is 51.8 Å². The van der Waals surface area contributed by atoms with Crippen molar-refractivity contribution in [3.8, 4) is 0 Å². The molecule has 47 heavy (non-hydrogen) atoms. The van der Waals surface area contributed by atoms with Gasteiger partial charge in [0.25, 0.3) is 0 Å². The summed E-state index contributed by atoms with van der Waals surface area (Å²) in [6.07, 6.45) is 0. The Morgan fingerprint density at radius 1 is 0.362 bits per heavy atom. The van der Waals surface area contributed by atoms with Crippen LogP contribution in [-0.2, 0) is 0 Å². The third-order valence-electron chi connectivity index (χ3n) is 9.47. The smallest absolute Gasteiger partial charge is 0.159 e. The van der Waals surface area contributed by atoms with E-state index in [1.165, 1.54) is 40.3 Å². The lowest BCUT2D eigenvalue weighted by atomic mass is 10.0. The van der Waals surface area contributed by atoms with E-state index in [9.17, 15) is 0 Å². The normalized spacial score (nSPS) is 12.3. The molecule has 7 aromatic carbocycles. The second-order valence-corrected chi connectivity index (χ2v) is 14.1. The topological polar surface area (TPSA) is 29.5 Å². The quantitative estimate of drug-likeness (QED) is 0.193. The molecule has 0 aliphatic heterocycles. The van der Waals surface area contributed by atoms with Crippen molar-refractivity contribution in [2.24, 2.45) is 0 Å². The van der Waals surface area contributed by atoms with Crippen LogP contribution in [0, 0.1) is 0 Å². The van der Waals surface area contributed by atoms with E-state index in [0.29, 0.717) is 0 Å². The summed E-state index contributed by atoms with van der Waals surface area (Å²) in [5.41, 5.74) is 6.68. The van der Waals surface area contributed by atoms with Crippen LogP contribution in [0.25, 0.3) is 84.2 Å². The highest BCUT2D eigenvalue weighted by atomic mass is 32.1. The summed E-state index contributed by atoms with van der Waals surface area (Å²) < 4.78 is 18.4. The first-order valence-corrected chi connectivity index (χ1v) is 17.3. The summed E-state index contributed by atoms with van der Waals surface area (Å²) in [6, 6.07) is 49.6. The fraction of sp³-hybridized carbons (Fsp3) is 0. The third kappa shape index (κ3) is 3.50. The van der Waals surface area contributed by atoms with Crippen LogP contribution in [0.2, 0.25) is 0 Å². The van der Waals surface area contributed by atoms with Crippen LogP contribution >= 0.6 is 22.7 Å². The minimum absolute atomic E-state index is 0.864. The maximum absolute atomic E-state index is 6.71. The molecule has 220 valence electrons. The zero-order chi connectivity index (χ0) is 30.6. The number of anilines is 3. The molecule has 0 amide bonds. The van der Waals surface area contributed by atoms with Crippen molar-refractivity contribution in [3.05, 3.63) is 140 Å². The summed E-state index contributed by atoms with van der Waals surface area (Å²) in [4.78, 5) is 2.41. The number of hydrogen-bond donors (Lipinski definition) is 0. The molecule has 11 rings (SSSR count). The number of rotatable bonds is 3. The Kier molecular flexibility index (Phi) is 5.14. The molecule has 0 saturated carbocycles. The molecular formula is C42H23NO2S2. The van der Waals surface area contributed by atoms with Crippen molar-refractivity contribution in [2.45, 2.75) is 0 Å². The lowest BCUT2D eigenvalue weighted by Gasteiger charge is -2.27. The minimum atomic E-state index is 0.864. The molecule has 0 fully saturated rings. The van der Waals surface area contributed by atoms with E-state index in [4.69, 9.17) is 8.83 Å². The largest absolute Gasteiger partial charge is 0.456 e. The fourth-order valence-electron chi connectivity index (χ4n) is 7.46. The molecular weight excluding hydrogens is 615 g/mol. The summed E-state index contributed by atoms with van der Waals surface area (Å²) >= 11 is 3.68. The zero-order valence-electron chi connectivity index (χ0n) is 24.9. The van der Waals surface area contributed by atoms with E-state index in [1.807, 2.05) is 28.7 Å². The molecule has 5 heteroatoms. The average Bonchev–Trinajstić information content (AvgIpc) is 3.88. The van der Waals surface area contributed by atoms with Gasteiger partial charge in [0.15, 0.2) is 5.58 Å². The van der Waals surface area contributed by atoms with Crippen LogP contribution in [0.4, 0.5) is 17.1 Å². The lowest BCUT2D eigenvalue weighted by Crippen LogP contribution is -2.10. The van der Waals surface area contributed by atoms with Gasteiger partial charge in [0.2, 0.25) is 0 Å². The van der Waals surface area contributed by atoms with Gasteiger partial charge in [-0.15, -0.1) is 22.7 Å². The number of thiophene rings is 2. The third-order valence-corrected chi connectivity index (χ3v) is 11.9. The number of hydrogen-bond acceptors (Lipinski definition) is 5. The van der Waals surface area contributed by atoms with Crippen LogP contribution in [0.5, 0.6) is 0 Å². The summed E-state index contributed by atoms with van der Waals surface area (Å²) in [7, 11) is 0. The standard InChI is InChI=1S/C42H23NO2S2/c1-4-18-33-24(10-1)27-13-7-16-31(40(27)45-33)43(32-17-8-14-28-25-11-2-5-20-36(25)46-41(28)32)30-15-9-19-34-38(30)39-35(44-34)23-22-29-26-12-3-6-21-37(26)47-42(29)39/h1-23H. The van der Waals surface area contributed by atoms with Gasteiger partial charge in [-0.1, -0.05) is 84.9 Å². The van der Waals surface area contributed by atoms with Gasteiger partial charge in [-0.2, -0.15) is 0 Å². The van der Waals surface area contributed by atoms with Crippen molar-refractivity contribution in [3.63, 3.8) is 0 Å². The highest BCUT2D eigenvalue weighted by Crippen LogP contribution is 2.51. The average molecular weight is 638 g/mol. The van der Waals surface area contributed by atoms with Crippen molar-refractivity contribution in [1.82, 2.24) is 0 Å². The predicted molar refractivity (Wildman–Crippen MR) is 201 cm³/mol. The molecule has 11 aromatic rings. The predicted octanol–water partition coefficient (Wildman–Crippen LogP) is 13.7. The second-order valence-electron chi connectivity index (χ2n) is 12.0. The monoisotopic (exact) mass is 637 g/mol. The molecule has 0 radical (unpaired) electrons. The number of para-hydroxylation sites is 2. The highest BCUT2D eigenvalue weighted by molar-refractivity contribution is 7.27. The van der Waals surface area contributed by atoms with Crippen LogP contribution in [0.15, 0.2) is 148 Å². The lowest BCUT2D eigenvalue weighted by molar-refractivity contribution is 0.668. The van der Waals surface area contributed by atoms with Crippen molar-refractivity contribution in [2.75, 3.05) is 4.90 Å². The molecule has 0 spiro atoms. The molecule has 0 aliphatic rings. The molecule has 0 aliphatic carbocycles. The molecule has 0 bridgehead atoms. The molecule has 0 N–H and O–H groups in total. The summed E-state index contributed by atoms with van der Waals surface area (Å²) in [6.45, 7) is 0. The second kappa shape index (κ2) is 9.46. The van der Waals surface area contributed by atoms with E-state index in [-0.39, 0.29) is 0 Å². The van der Waals surface area contributed by atoms with Gasteiger partial charge < -0.3 is 13.7 Å². The van der Waals surface area contributed by atoms with Crippen LogP contribution in [0.1, 0.15) is 0 Å². The molecule has 4 aromatic heterocycles. The van der Waals surface area contributed by atoms with Gasteiger partial charge in [0.05, 0.1) is 27.1 Å². The van der Waals surface area contributed by atoms with Gasteiger partial charge in [-0.3, -0.25) is 0 Å². The Balaban J connectivity index is 1.31. The first-order chi connectivity index (χ1) is 23.3. The molecule has 3 nitrogen and oxygen atoms in total. The van der Waals surface area contributed by atoms with Gasteiger partial charge in [-0.25, -0.2) is 0 Å². The van der Waals surface area contributed by atoms with E-state index in [0.717, 1.165) is 60.9 Å². The molecule has 4 heterocycles. The van der Waals surface area contributed by atoms with E-state index in [2.05, 4.69) is 138 Å². The van der Waals surface area contributed by atoms with E-state index >= 15 is 0 Å². The van der Waals surface area contributed by atoms with Crippen LogP contribution in [0.3, 0.4) is 0 Å². The summed E-state index contributed by atoms with van der Waals surface area (Å²) in [5, 5.41) is 9.53. The maximum atomic E-state index is 6.71. The summed E-state index contributed by atoms with van der Waals surface area (Å²) in [5.74, 6) is 0. The Bertz CT molecular complexity index is 2930. The first kappa shape index (κ1) is 25.6. The van der Waals surface area contributed by atoms with Gasteiger partial charge in [-0.05, 0) is 54.6 Å². The Hall–Kier alpha value is -5.62. The maximum Gasteiger partial charge on any atom is 0.159 e. The zero-order valence-corrected chi connectivity index (χ0v) is 26.5. The number of fused-ring (bicyclic) bond motifs is 13. The molecule has 0 saturated heterocycles. The van der Waals surface area contributed by atoms with Crippen LogP contribution < -0.4 is 4.90 Å². The van der Waals surface area contributed by atoms with Gasteiger partial charge >= 0.3 is 0 Å². The van der Waals surface area contributed by atoms with Crippen LogP contribution in [-0.4, -0.2) is 0 Å². The van der Waals surface area contributed by atoms with Crippen molar-refractivity contribution >= 4 is 124 Å². The SMILES string of the molecule is c1ccc2c(c1)oc1c(N(c3cccc4c3sc3ccccc34)c3cccc4oc5ccc6c7ccccc7sc6c5c34)cccc12. The number of nitrogens with zero attached hydrogens (tertiary/aromatic N) is 1. The van der Waals surface area contributed by atoms with E-state index < -0.39 is 0 Å². The number of furan rings is 2. The van der Waals surface area contributed by atoms with Gasteiger partial charge in [0.1, 0.15) is 16.7 Å². The van der Waals surface area contributed by atoms with Crippen molar-refractivity contribution in [1.29, 1.82) is 0 Å². The fourth-order valence-corrected chi connectivity index (χ4v) is 9.91. The Labute approximate surface area is 276 Å². The molecule has 0 atom stereocenters. The first-order valence-electron chi connectivity index (χ1n) is 15.7. The Morgan fingerprint density at radius 3 is 1.77 bits per heavy atom. The van der Waals surface area contributed by atoms with E-state index in [1.54, 1.807) is 0 Å². The van der Waals surface area contributed by atoms with Crippen molar-refractivity contribution < 1.29 is 8.83 Å².